The highest BCUT2D eigenvalue weighted by molar-refractivity contribution is 7.16. The maximum Gasteiger partial charge on any atom is 0.107 e. The minimum atomic E-state index is -0.584. The van der Waals surface area contributed by atoms with Crippen LogP contribution in [0.3, 0.4) is 0 Å². The van der Waals surface area contributed by atoms with Crippen LogP contribution in [0.15, 0.2) is 6.07 Å². The van der Waals surface area contributed by atoms with Gasteiger partial charge in [0.1, 0.15) is 11.7 Å². The molecule has 1 aromatic rings. The highest BCUT2D eigenvalue weighted by Crippen LogP contribution is 2.49. The molecule has 2 aliphatic rings. The molecule has 1 spiro atoms. The summed E-state index contributed by atoms with van der Waals surface area (Å²) < 4.78 is 6.72. The van der Waals surface area contributed by atoms with E-state index in [0.29, 0.717) is 10.9 Å². The lowest BCUT2D eigenvalue weighted by molar-refractivity contribution is -0.125. The van der Waals surface area contributed by atoms with E-state index in [9.17, 15) is 5.11 Å². The highest BCUT2D eigenvalue weighted by Gasteiger charge is 2.47. The average molecular weight is 298 g/mol. The molecule has 3 heterocycles. The van der Waals surface area contributed by atoms with Crippen LogP contribution in [0.1, 0.15) is 36.3 Å². The lowest BCUT2D eigenvalue weighted by atomic mass is 9.79. The molecule has 102 valence electrons. The van der Waals surface area contributed by atoms with Gasteiger partial charge in [-0.05, 0) is 19.4 Å². The summed E-state index contributed by atoms with van der Waals surface area (Å²) in [5.41, 5.74) is 0.514. The standard InChI is InChI=1S/C14H16ClNO2S/c1-3-9-6-14(5-8(2)16-9)13-10(4-12(15)19-13)11(17)7-18-14/h1,4,8-9,11,16-17H,5-7H2,2H3. The zero-order valence-corrected chi connectivity index (χ0v) is 12.2. The molecule has 3 rings (SSSR count). The number of hydrogen-bond acceptors (Lipinski definition) is 4. The molecule has 2 N–H and O–H groups in total. The zero-order valence-electron chi connectivity index (χ0n) is 10.6. The molecule has 4 atom stereocenters. The Morgan fingerprint density at radius 1 is 1.63 bits per heavy atom. The summed E-state index contributed by atoms with van der Waals surface area (Å²) in [5, 5.41) is 13.4. The maximum atomic E-state index is 10.0. The third-order valence-corrected chi connectivity index (χ3v) is 5.34. The summed E-state index contributed by atoms with van der Waals surface area (Å²) in [7, 11) is 0. The van der Waals surface area contributed by atoms with Gasteiger partial charge in [0.15, 0.2) is 0 Å². The predicted octanol–water partition coefficient (Wildman–Crippen LogP) is 2.43. The average Bonchev–Trinajstić information content (AvgIpc) is 2.77. The molecule has 0 saturated carbocycles. The SMILES string of the molecule is C#CC1CC2(CC(C)N1)OCC(O)c1cc(Cl)sc12. The molecule has 19 heavy (non-hydrogen) atoms. The first-order valence-electron chi connectivity index (χ1n) is 6.38. The van der Waals surface area contributed by atoms with Crippen molar-refractivity contribution < 1.29 is 9.84 Å². The summed E-state index contributed by atoms with van der Waals surface area (Å²) in [6.07, 6.45) is 6.56. The molecule has 3 nitrogen and oxygen atoms in total. The van der Waals surface area contributed by atoms with Crippen molar-refractivity contribution in [1.82, 2.24) is 5.32 Å². The molecule has 0 radical (unpaired) electrons. The van der Waals surface area contributed by atoms with Crippen LogP contribution in [0.25, 0.3) is 0 Å². The Balaban J connectivity index is 2.05. The highest BCUT2D eigenvalue weighted by atomic mass is 35.5. The van der Waals surface area contributed by atoms with Crippen molar-refractivity contribution >= 4 is 22.9 Å². The van der Waals surface area contributed by atoms with E-state index in [1.54, 1.807) is 0 Å². The first-order valence-corrected chi connectivity index (χ1v) is 7.57. The number of piperidine rings is 1. The van der Waals surface area contributed by atoms with Gasteiger partial charge in [0.05, 0.1) is 17.0 Å². The minimum absolute atomic E-state index is 0.00674. The molecule has 4 unspecified atom stereocenters. The monoisotopic (exact) mass is 297 g/mol. The molecule has 0 bridgehead atoms. The van der Waals surface area contributed by atoms with Crippen molar-refractivity contribution in [2.75, 3.05) is 6.61 Å². The predicted molar refractivity (Wildman–Crippen MR) is 76.4 cm³/mol. The van der Waals surface area contributed by atoms with Crippen molar-refractivity contribution in [1.29, 1.82) is 0 Å². The van der Waals surface area contributed by atoms with E-state index in [4.69, 9.17) is 22.8 Å². The molecule has 2 aliphatic heterocycles. The second-order valence-corrected chi connectivity index (χ2v) is 7.03. The van der Waals surface area contributed by atoms with Crippen LogP contribution in [0, 0.1) is 12.3 Å². The van der Waals surface area contributed by atoms with Gasteiger partial charge in [0, 0.05) is 22.9 Å². The van der Waals surface area contributed by atoms with Gasteiger partial charge in [-0.3, -0.25) is 0 Å². The van der Waals surface area contributed by atoms with E-state index in [0.717, 1.165) is 23.3 Å². The summed E-state index contributed by atoms with van der Waals surface area (Å²) in [4.78, 5) is 1.05. The van der Waals surface area contributed by atoms with Crippen molar-refractivity contribution in [3.05, 3.63) is 20.8 Å². The maximum absolute atomic E-state index is 10.0. The lowest BCUT2D eigenvalue weighted by Gasteiger charge is -2.45. The number of fused-ring (bicyclic) bond motifs is 2. The van der Waals surface area contributed by atoms with Crippen LogP contribution in [0.2, 0.25) is 4.34 Å². The number of halogens is 1. The number of hydrogen-bond donors (Lipinski definition) is 2. The molecule has 1 aromatic heterocycles. The van der Waals surface area contributed by atoms with Gasteiger partial charge in [-0.2, -0.15) is 0 Å². The van der Waals surface area contributed by atoms with Gasteiger partial charge >= 0.3 is 0 Å². The Labute approximate surface area is 121 Å². The van der Waals surface area contributed by atoms with Gasteiger partial charge in [0.2, 0.25) is 0 Å². The van der Waals surface area contributed by atoms with Gasteiger partial charge in [-0.25, -0.2) is 0 Å². The third kappa shape index (κ3) is 2.20. The van der Waals surface area contributed by atoms with Gasteiger partial charge in [0.25, 0.3) is 0 Å². The van der Waals surface area contributed by atoms with Crippen molar-refractivity contribution in [3.8, 4) is 12.3 Å². The van der Waals surface area contributed by atoms with Crippen LogP contribution >= 0.6 is 22.9 Å². The van der Waals surface area contributed by atoms with Gasteiger partial charge < -0.3 is 15.2 Å². The number of terminal acetylenes is 1. The second kappa shape index (κ2) is 4.76. The Kier molecular flexibility index (Phi) is 3.36. The molecular formula is C14H16ClNO2S. The van der Waals surface area contributed by atoms with Crippen LogP contribution < -0.4 is 5.32 Å². The van der Waals surface area contributed by atoms with Crippen LogP contribution in [-0.2, 0) is 10.3 Å². The number of aliphatic hydroxyl groups excluding tert-OH is 1. The smallest absolute Gasteiger partial charge is 0.107 e. The van der Waals surface area contributed by atoms with E-state index in [1.807, 2.05) is 6.07 Å². The Morgan fingerprint density at radius 3 is 3.16 bits per heavy atom. The van der Waals surface area contributed by atoms with E-state index < -0.39 is 11.7 Å². The Morgan fingerprint density at radius 2 is 2.42 bits per heavy atom. The van der Waals surface area contributed by atoms with Crippen LogP contribution in [0.5, 0.6) is 0 Å². The van der Waals surface area contributed by atoms with Gasteiger partial charge in [-0.15, -0.1) is 17.8 Å². The fraction of sp³-hybridized carbons (Fsp3) is 0.571. The molecular weight excluding hydrogens is 282 g/mol. The van der Waals surface area contributed by atoms with Gasteiger partial charge in [-0.1, -0.05) is 17.5 Å². The fourth-order valence-electron chi connectivity index (χ4n) is 3.15. The van der Waals surface area contributed by atoms with E-state index in [2.05, 4.69) is 18.2 Å². The van der Waals surface area contributed by atoms with E-state index in [-0.39, 0.29) is 12.1 Å². The van der Waals surface area contributed by atoms with Crippen molar-refractivity contribution in [3.63, 3.8) is 0 Å². The summed E-state index contributed by atoms with van der Waals surface area (Å²) in [5.74, 6) is 2.77. The number of thiophene rings is 1. The zero-order chi connectivity index (χ0) is 13.6. The quantitative estimate of drug-likeness (QED) is 0.723. The Bertz CT molecular complexity index is 538. The van der Waals surface area contributed by atoms with Crippen LogP contribution in [0.4, 0.5) is 0 Å². The number of nitrogens with one attached hydrogen (secondary N) is 1. The summed E-state index contributed by atoms with van der Waals surface area (Å²) in [6.45, 7) is 2.42. The number of rotatable bonds is 0. The number of ether oxygens (including phenoxy) is 1. The van der Waals surface area contributed by atoms with E-state index >= 15 is 0 Å². The molecule has 0 amide bonds. The third-order valence-electron chi connectivity index (χ3n) is 3.88. The van der Waals surface area contributed by atoms with Crippen LogP contribution in [-0.4, -0.2) is 23.8 Å². The molecule has 1 fully saturated rings. The largest absolute Gasteiger partial charge is 0.386 e. The first kappa shape index (κ1) is 13.4. The van der Waals surface area contributed by atoms with Crippen molar-refractivity contribution in [2.45, 2.75) is 43.6 Å². The first-order chi connectivity index (χ1) is 9.04. The second-order valence-electron chi connectivity index (χ2n) is 5.35. The van der Waals surface area contributed by atoms with Crippen molar-refractivity contribution in [2.24, 2.45) is 0 Å². The molecule has 1 saturated heterocycles. The molecule has 5 heteroatoms. The van der Waals surface area contributed by atoms with E-state index in [1.165, 1.54) is 11.3 Å². The molecule has 0 aromatic carbocycles. The minimum Gasteiger partial charge on any atom is -0.386 e. The lowest BCUT2D eigenvalue weighted by Crippen LogP contribution is -2.53. The fourth-order valence-corrected chi connectivity index (χ4v) is 4.60. The summed E-state index contributed by atoms with van der Waals surface area (Å²) >= 11 is 7.62. The normalized spacial score (nSPS) is 37.9. The Hall–Kier alpha value is -0.570. The topological polar surface area (TPSA) is 41.5 Å². The summed E-state index contributed by atoms with van der Waals surface area (Å²) in [6, 6.07) is 2.13. The number of aliphatic hydroxyl groups is 1. The molecule has 0 aliphatic carbocycles.